The highest BCUT2D eigenvalue weighted by atomic mass is 16.5. The second kappa shape index (κ2) is 8.00. The molecule has 0 spiro atoms. The van der Waals surface area contributed by atoms with Gasteiger partial charge in [-0.25, -0.2) is 0 Å². The fourth-order valence-corrected chi connectivity index (χ4v) is 2.34. The molecule has 5 nitrogen and oxygen atoms in total. The van der Waals surface area contributed by atoms with E-state index in [2.05, 4.69) is 11.8 Å². The Morgan fingerprint density at radius 2 is 1.82 bits per heavy atom. The molecule has 122 valence electrons. The molecule has 0 bridgehead atoms. The smallest absolute Gasteiger partial charge is 0.324 e. The average Bonchev–Trinajstić information content (AvgIpc) is 3.29. The van der Waals surface area contributed by atoms with Crippen LogP contribution in [-0.2, 0) is 23.8 Å². The Labute approximate surface area is 132 Å². The molecule has 1 saturated carbocycles. The van der Waals surface area contributed by atoms with Crippen molar-refractivity contribution >= 4 is 11.9 Å². The molecule has 5 heteroatoms. The first-order chi connectivity index (χ1) is 10.5. The van der Waals surface area contributed by atoms with E-state index >= 15 is 0 Å². The average molecular weight is 308 g/mol. The molecule has 22 heavy (non-hydrogen) atoms. The van der Waals surface area contributed by atoms with Crippen molar-refractivity contribution in [1.82, 2.24) is 0 Å². The van der Waals surface area contributed by atoms with Gasteiger partial charge in [-0.3, -0.25) is 9.59 Å². The van der Waals surface area contributed by atoms with E-state index in [1.165, 1.54) is 14.2 Å². The van der Waals surface area contributed by atoms with Gasteiger partial charge < -0.3 is 14.2 Å². The van der Waals surface area contributed by atoms with E-state index in [4.69, 9.17) is 14.2 Å². The fourth-order valence-electron chi connectivity index (χ4n) is 2.34. The van der Waals surface area contributed by atoms with Gasteiger partial charge in [0.15, 0.2) is 5.41 Å². The Kier molecular flexibility index (Phi) is 6.63. The van der Waals surface area contributed by atoms with Gasteiger partial charge >= 0.3 is 11.9 Å². The molecule has 1 aliphatic carbocycles. The zero-order chi connectivity index (χ0) is 16.6. The molecular weight excluding hydrogens is 284 g/mol. The van der Waals surface area contributed by atoms with Crippen LogP contribution >= 0.6 is 0 Å². The second-order valence-electron chi connectivity index (χ2n) is 5.27. The lowest BCUT2D eigenvalue weighted by Crippen LogP contribution is -2.40. The molecule has 0 saturated heterocycles. The van der Waals surface area contributed by atoms with E-state index in [-0.39, 0.29) is 18.4 Å². The second-order valence-corrected chi connectivity index (χ2v) is 5.27. The van der Waals surface area contributed by atoms with Gasteiger partial charge in [-0.2, -0.15) is 0 Å². The van der Waals surface area contributed by atoms with Crippen molar-refractivity contribution in [1.29, 1.82) is 0 Å². The number of esters is 2. The van der Waals surface area contributed by atoms with Crippen LogP contribution in [0.5, 0.6) is 0 Å². The number of allylic oxidation sites excluding steroid dienone is 1. The van der Waals surface area contributed by atoms with Gasteiger partial charge in [-0.15, -0.1) is 11.8 Å². The standard InChI is InChI=1S/C17H24O5/c1-5-7-10-17(14(18)20-3,15(19)21-4)11-8-9-16(12-13-16)22-6-2/h8-9H,6,10-13H2,1-4H3/b9-8+. The molecule has 0 atom stereocenters. The first-order valence-corrected chi connectivity index (χ1v) is 7.38. The van der Waals surface area contributed by atoms with Crippen molar-refractivity contribution in [2.45, 2.75) is 45.1 Å². The third kappa shape index (κ3) is 4.11. The lowest BCUT2D eigenvalue weighted by Gasteiger charge is -2.25. The Hall–Kier alpha value is -1.80. The van der Waals surface area contributed by atoms with Crippen LogP contribution in [0.2, 0.25) is 0 Å². The number of carbonyl (C=O) groups excluding carboxylic acids is 2. The van der Waals surface area contributed by atoms with Gasteiger partial charge in [-0.05, 0) is 33.1 Å². The van der Waals surface area contributed by atoms with Crippen LogP contribution in [0.15, 0.2) is 12.2 Å². The number of hydrogen-bond acceptors (Lipinski definition) is 5. The fraction of sp³-hybridized carbons (Fsp3) is 0.647. The maximum absolute atomic E-state index is 12.2. The van der Waals surface area contributed by atoms with Crippen LogP contribution in [0.4, 0.5) is 0 Å². The molecule has 1 aliphatic rings. The van der Waals surface area contributed by atoms with Crippen molar-refractivity contribution in [2.24, 2.45) is 5.41 Å². The summed E-state index contributed by atoms with van der Waals surface area (Å²) < 4.78 is 15.3. The first kappa shape index (κ1) is 18.2. The van der Waals surface area contributed by atoms with Crippen LogP contribution in [0.1, 0.15) is 39.5 Å². The minimum absolute atomic E-state index is 0.0643. The van der Waals surface area contributed by atoms with Crippen LogP contribution in [-0.4, -0.2) is 38.4 Å². The zero-order valence-corrected chi connectivity index (χ0v) is 13.7. The summed E-state index contributed by atoms with van der Waals surface area (Å²) >= 11 is 0. The largest absolute Gasteiger partial charge is 0.468 e. The Morgan fingerprint density at radius 1 is 1.23 bits per heavy atom. The van der Waals surface area contributed by atoms with Crippen LogP contribution in [0.25, 0.3) is 0 Å². The number of carbonyl (C=O) groups is 2. The first-order valence-electron chi connectivity index (χ1n) is 7.38. The molecule has 1 rings (SSSR count). The molecule has 0 aliphatic heterocycles. The highest BCUT2D eigenvalue weighted by molar-refractivity contribution is 6.00. The summed E-state index contributed by atoms with van der Waals surface area (Å²) in [5.74, 6) is 4.23. The minimum atomic E-state index is -1.43. The SMILES string of the molecule is CC#CCC(C/C=C/C1(OCC)CC1)(C(=O)OC)C(=O)OC. The minimum Gasteiger partial charge on any atom is -0.468 e. The summed E-state index contributed by atoms with van der Waals surface area (Å²) in [7, 11) is 2.51. The summed E-state index contributed by atoms with van der Waals surface area (Å²) in [4.78, 5) is 24.4. The molecule has 1 fully saturated rings. The molecule has 0 aromatic heterocycles. The normalized spacial score (nSPS) is 15.8. The van der Waals surface area contributed by atoms with Gasteiger partial charge in [-0.1, -0.05) is 12.2 Å². The molecule has 0 heterocycles. The van der Waals surface area contributed by atoms with Crippen molar-refractivity contribution in [2.75, 3.05) is 20.8 Å². The molecule has 0 aromatic rings. The Balaban J connectivity index is 2.97. The van der Waals surface area contributed by atoms with E-state index in [9.17, 15) is 9.59 Å². The number of hydrogen-bond donors (Lipinski definition) is 0. The Bertz CT molecular complexity index is 475. The van der Waals surface area contributed by atoms with Gasteiger partial charge in [0.1, 0.15) is 0 Å². The van der Waals surface area contributed by atoms with Gasteiger partial charge in [0.2, 0.25) is 0 Å². The van der Waals surface area contributed by atoms with Crippen molar-refractivity contribution in [3.63, 3.8) is 0 Å². The zero-order valence-electron chi connectivity index (χ0n) is 13.7. The number of ether oxygens (including phenoxy) is 3. The lowest BCUT2D eigenvalue weighted by molar-refractivity contribution is -0.168. The number of methoxy groups -OCH3 is 2. The number of rotatable bonds is 8. The Morgan fingerprint density at radius 3 is 2.23 bits per heavy atom. The highest BCUT2D eigenvalue weighted by Gasteiger charge is 2.48. The predicted molar refractivity (Wildman–Crippen MR) is 81.9 cm³/mol. The molecular formula is C17H24O5. The molecule has 0 radical (unpaired) electrons. The lowest BCUT2D eigenvalue weighted by atomic mass is 9.81. The molecule has 0 unspecified atom stereocenters. The van der Waals surface area contributed by atoms with Gasteiger partial charge in [0, 0.05) is 13.0 Å². The third-order valence-electron chi connectivity index (χ3n) is 3.78. The van der Waals surface area contributed by atoms with E-state index in [1.54, 1.807) is 13.0 Å². The van der Waals surface area contributed by atoms with E-state index in [0.717, 1.165) is 12.8 Å². The summed E-state index contributed by atoms with van der Waals surface area (Å²) in [5.41, 5.74) is -1.66. The maximum Gasteiger partial charge on any atom is 0.324 e. The van der Waals surface area contributed by atoms with Crippen LogP contribution in [0.3, 0.4) is 0 Å². The van der Waals surface area contributed by atoms with Crippen molar-refractivity contribution in [3.05, 3.63) is 12.2 Å². The maximum atomic E-state index is 12.2. The van der Waals surface area contributed by atoms with E-state index < -0.39 is 17.4 Å². The van der Waals surface area contributed by atoms with Crippen LogP contribution < -0.4 is 0 Å². The monoisotopic (exact) mass is 308 g/mol. The predicted octanol–water partition coefficient (Wildman–Crippen LogP) is 2.25. The van der Waals surface area contributed by atoms with Gasteiger partial charge in [0.25, 0.3) is 0 Å². The molecule has 0 N–H and O–H groups in total. The topological polar surface area (TPSA) is 61.8 Å². The summed E-state index contributed by atoms with van der Waals surface area (Å²) in [6.45, 7) is 4.23. The quantitative estimate of drug-likeness (QED) is 0.298. The molecule has 0 aromatic carbocycles. The summed E-state index contributed by atoms with van der Waals surface area (Å²) in [6.07, 6.45) is 5.88. The van der Waals surface area contributed by atoms with E-state index in [1.807, 2.05) is 13.0 Å². The highest BCUT2D eigenvalue weighted by Crippen LogP contribution is 2.41. The molecule has 0 amide bonds. The van der Waals surface area contributed by atoms with Crippen molar-refractivity contribution in [3.8, 4) is 11.8 Å². The van der Waals surface area contributed by atoms with E-state index in [0.29, 0.717) is 6.61 Å². The van der Waals surface area contributed by atoms with Crippen LogP contribution in [0, 0.1) is 17.3 Å². The summed E-state index contributed by atoms with van der Waals surface area (Å²) in [6, 6.07) is 0. The van der Waals surface area contributed by atoms with Crippen molar-refractivity contribution < 1.29 is 23.8 Å². The third-order valence-corrected chi connectivity index (χ3v) is 3.78. The van der Waals surface area contributed by atoms with Gasteiger partial charge in [0.05, 0.1) is 19.8 Å². The summed E-state index contributed by atoms with van der Waals surface area (Å²) in [5, 5.41) is 0.